The maximum Gasteiger partial charge on any atom is 0.220 e. The Bertz CT molecular complexity index is 594. The van der Waals surface area contributed by atoms with Gasteiger partial charge in [0, 0.05) is 18.5 Å². The summed E-state index contributed by atoms with van der Waals surface area (Å²) < 4.78 is 0. The molecular weight excluding hydrogens is 248 g/mol. The zero-order valence-electron chi connectivity index (χ0n) is 12.1. The average molecular weight is 270 g/mol. The lowest BCUT2D eigenvalue weighted by Gasteiger charge is -2.17. The van der Waals surface area contributed by atoms with Crippen LogP contribution < -0.4 is 11.1 Å². The number of rotatable bonds is 5. The van der Waals surface area contributed by atoms with E-state index in [-0.39, 0.29) is 11.4 Å². The lowest BCUT2D eigenvalue weighted by molar-refractivity contribution is -0.121. The molecule has 3 nitrogen and oxygen atoms in total. The van der Waals surface area contributed by atoms with Crippen LogP contribution in [0.25, 0.3) is 10.8 Å². The molecule has 20 heavy (non-hydrogen) atoms. The third-order valence-electron chi connectivity index (χ3n) is 3.35. The quantitative estimate of drug-likeness (QED) is 0.877. The first-order valence-corrected chi connectivity index (χ1v) is 6.98. The van der Waals surface area contributed by atoms with E-state index in [4.69, 9.17) is 5.73 Å². The predicted octanol–water partition coefficient (Wildman–Crippen LogP) is 2.97. The van der Waals surface area contributed by atoms with Gasteiger partial charge in [0.05, 0.1) is 0 Å². The molecule has 2 aromatic rings. The van der Waals surface area contributed by atoms with Crippen LogP contribution >= 0.6 is 0 Å². The monoisotopic (exact) mass is 270 g/mol. The first-order valence-electron chi connectivity index (χ1n) is 6.98. The first-order chi connectivity index (χ1) is 9.46. The van der Waals surface area contributed by atoms with Gasteiger partial charge in [-0.2, -0.15) is 0 Å². The molecule has 1 amide bonds. The summed E-state index contributed by atoms with van der Waals surface area (Å²) >= 11 is 0. The molecule has 2 aromatic carbocycles. The SMILES string of the molecule is CC(C)(N)CCC(=O)NCc1cccc2ccccc12. The molecular formula is C17H22N2O. The van der Waals surface area contributed by atoms with Crippen molar-refractivity contribution in [3.63, 3.8) is 0 Å². The third kappa shape index (κ3) is 4.07. The van der Waals surface area contributed by atoms with Crippen molar-refractivity contribution in [1.82, 2.24) is 5.32 Å². The van der Waals surface area contributed by atoms with Crippen LogP contribution in [0.2, 0.25) is 0 Å². The van der Waals surface area contributed by atoms with Gasteiger partial charge < -0.3 is 11.1 Å². The lowest BCUT2D eigenvalue weighted by atomic mass is 10.00. The highest BCUT2D eigenvalue weighted by molar-refractivity contribution is 5.86. The Labute approximate surface area is 120 Å². The van der Waals surface area contributed by atoms with Crippen molar-refractivity contribution < 1.29 is 4.79 Å². The first kappa shape index (κ1) is 14.5. The van der Waals surface area contributed by atoms with Crippen molar-refractivity contribution in [2.24, 2.45) is 5.73 Å². The van der Waals surface area contributed by atoms with Crippen LogP contribution in [0.3, 0.4) is 0 Å². The van der Waals surface area contributed by atoms with E-state index in [1.807, 2.05) is 32.0 Å². The Morgan fingerprint density at radius 2 is 1.85 bits per heavy atom. The lowest BCUT2D eigenvalue weighted by Crippen LogP contribution is -2.34. The highest BCUT2D eigenvalue weighted by Crippen LogP contribution is 2.18. The average Bonchev–Trinajstić information content (AvgIpc) is 2.42. The van der Waals surface area contributed by atoms with E-state index in [0.717, 1.165) is 5.56 Å². The molecule has 0 saturated carbocycles. The number of hydrogen-bond donors (Lipinski definition) is 2. The molecule has 0 aromatic heterocycles. The number of amides is 1. The van der Waals surface area contributed by atoms with Gasteiger partial charge in [-0.15, -0.1) is 0 Å². The van der Waals surface area contributed by atoms with Gasteiger partial charge in [0.25, 0.3) is 0 Å². The van der Waals surface area contributed by atoms with E-state index in [1.165, 1.54) is 10.8 Å². The summed E-state index contributed by atoms with van der Waals surface area (Å²) in [5.74, 6) is 0.0523. The number of carbonyl (C=O) groups excluding carboxylic acids is 1. The molecule has 0 fully saturated rings. The maximum atomic E-state index is 11.8. The second kappa shape index (κ2) is 6.06. The fourth-order valence-corrected chi connectivity index (χ4v) is 2.16. The van der Waals surface area contributed by atoms with E-state index >= 15 is 0 Å². The van der Waals surface area contributed by atoms with Crippen LogP contribution in [0.15, 0.2) is 42.5 Å². The fraction of sp³-hybridized carbons (Fsp3) is 0.353. The maximum absolute atomic E-state index is 11.8. The molecule has 0 aliphatic heterocycles. The van der Waals surface area contributed by atoms with Crippen molar-refractivity contribution >= 4 is 16.7 Å². The van der Waals surface area contributed by atoms with Crippen molar-refractivity contribution in [1.29, 1.82) is 0 Å². The number of fused-ring (bicyclic) bond motifs is 1. The molecule has 0 spiro atoms. The third-order valence-corrected chi connectivity index (χ3v) is 3.35. The fourth-order valence-electron chi connectivity index (χ4n) is 2.16. The molecule has 0 aliphatic carbocycles. The summed E-state index contributed by atoms with van der Waals surface area (Å²) in [5.41, 5.74) is 6.73. The molecule has 0 bridgehead atoms. The van der Waals surface area contributed by atoms with Crippen LogP contribution in [0.5, 0.6) is 0 Å². The highest BCUT2D eigenvalue weighted by Gasteiger charge is 2.13. The molecule has 2 rings (SSSR count). The van der Waals surface area contributed by atoms with Crippen molar-refractivity contribution in [3.05, 3.63) is 48.0 Å². The molecule has 0 saturated heterocycles. The molecule has 0 radical (unpaired) electrons. The van der Waals surface area contributed by atoms with Gasteiger partial charge in [-0.1, -0.05) is 42.5 Å². The van der Waals surface area contributed by atoms with Gasteiger partial charge in [-0.3, -0.25) is 4.79 Å². The van der Waals surface area contributed by atoms with Gasteiger partial charge >= 0.3 is 0 Å². The second-order valence-corrected chi connectivity index (χ2v) is 5.90. The van der Waals surface area contributed by atoms with Crippen LogP contribution in [-0.4, -0.2) is 11.4 Å². The van der Waals surface area contributed by atoms with Crippen LogP contribution in [0.1, 0.15) is 32.3 Å². The van der Waals surface area contributed by atoms with Crippen LogP contribution in [0.4, 0.5) is 0 Å². The zero-order chi connectivity index (χ0) is 14.6. The van der Waals surface area contributed by atoms with Gasteiger partial charge in [0.2, 0.25) is 5.91 Å². The minimum absolute atomic E-state index is 0.0523. The Morgan fingerprint density at radius 1 is 1.15 bits per heavy atom. The second-order valence-electron chi connectivity index (χ2n) is 5.90. The van der Waals surface area contributed by atoms with Gasteiger partial charge in [0.15, 0.2) is 0 Å². The minimum Gasteiger partial charge on any atom is -0.352 e. The zero-order valence-corrected chi connectivity index (χ0v) is 12.1. The topological polar surface area (TPSA) is 55.1 Å². The summed E-state index contributed by atoms with van der Waals surface area (Å²) in [4.78, 5) is 11.8. The molecule has 0 aliphatic rings. The smallest absolute Gasteiger partial charge is 0.220 e. The van der Waals surface area contributed by atoms with E-state index < -0.39 is 0 Å². The van der Waals surface area contributed by atoms with Gasteiger partial charge in [-0.25, -0.2) is 0 Å². The Kier molecular flexibility index (Phi) is 4.40. The van der Waals surface area contributed by atoms with Crippen molar-refractivity contribution in [3.8, 4) is 0 Å². The minimum atomic E-state index is -0.295. The summed E-state index contributed by atoms with van der Waals surface area (Å²) in [5, 5.41) is 5.36. The number of nitrogens with one attached hydrogen (secondary N) is 1. The standard InChI is InChI=1S/C17H22N2O/c1-17(2,18)11-10-16(20)19-12-14-8-5-7-13-6-3-4-9-15(13)14/h3-9H,10-12,18H2,1-2H3,(H,19,20). The summed E-state index contributed by atoms with van der Waals surface area (Å²) in [6.07, 6.45) is 1.16. The molecule has 106 valence electrons. The van der Waals surface area contributed by atoms with Gasteiger partial charge in [0.1, 0.15) is 0 Å². The number of benzene rings is 2. The van der Waals surface area contributed by atoms with Crippen molar-refractivity contribution in [2.75, 3.05) is 0 Å². The largest absolute Gasteiger partial charge is 0.352 e. The van der Waals surface area contributed by atoms with E-state index in [2.05, 4.69) is 29.6 Å². The summed E-state index contributed by atoms with van der Waals surface area (Å²) in [6, 6.07) is 14.4. The normalized spacial score (nSPS) is 11.6. The summed E-state index contributed by atoms with van der Waals surface area (Å²) in [6.45, 7) is 4.43. The molecule has 0 atom stereocenters. The molecule has 0 heterocycles. The van der Waals surface area contributed by atoms with E-state index in [0.29, 0.717) is 19.4 Å². The Morgan fingerprint density at radius 3 is 2.60 bits per heavy atom. The molecule has 3 N–H and O–H groups in total. The van der Waals surface area contributed by atoms with Crippen LogP contribution in [0, 0.1) is 0 Å². The van der Waals surface area contributed by atoms with Gasteiger partial charge in [-0.05, 0) is 36.6 Å². The highest BCUT2D eigenvalue weighted by atomic mass is 16.1. The Balaban J connectivity index is 1.98. The van der Waals surface area contributed by atoms with E-state index in [9.17, 15) is 4.79 Å². The number of nitrogens with two attached hydrogens (primary N) is 1. The number of carbonyl (C=O) groups is 1. The van der Waals surface area contributed by atoms with Crippen LogP contribution in [-0.2, 0) is 11.3 Å². The summed E-state index contributed by atoms with van der Waals surface area (Å²) in [7, 11) is 0. The Hall–Kier alpha value is -1.87. The molecule has 3 heteroatoms. The predicted molar refractivity (Wildman–Crippen MR) is 83.3 cm³/mol. The molecule has 0 unspecified atom stereocenters. The van der Waals surface area contributed by atoms with Crippen molar-refractivity contribution in [2.45, 2.75) is 38.8 Å². The van der Waals surface area contributed by atoms with E-state index in [1.54, 1.807) is 0 Å². The number of hydrogen-bond acceptors (Lipinski definition) is 2.